The number of benzene rings is 2. The summed E-state index contributed by atoms with van der Waals surface area (Å²) in [5.74, 6) is 0.622. The van der Waals surface area contributed by atoms with Gasteiger partial charge in [0.2, 0.25) is 0 Å². The molecule has 0 spiro atoms. The Morgan fingerprint density at radius 1 is 1.15 bits per heavy atom. The Balaban J connectivity index is 1.25. The van der Waals surface area contributed by atoms with Crippen LogP contribution in [0.5, 0.6) is 0 Å². The van der Waals surface area contributed by atoms with Crippen molar-refractivity contribution in [1.29, 1.82) is 0 Å². The third-order valence-corrected chi connectivity index (χ3v) is 7.49. The first-order valence-corrected chi connectivity index (χ1v) is 12.6. The molecule has 0 radical (unpaired) electrons. The first kappa shape index (κ1) is 20.6. The molecule has 1 aliphatic carbocycles. The lowest BCUT2D eigenvalue weighted by Crippen LogP contribution is -2.32. The monoisotopic (exact) mass is 457 g/mol. The summed E-state index contributed by atoms with van der Waals surface area (Å²) in [6, 6.07) is 15.1. The Hall–Kier alpha value is -3.03. The highest BCUT2D eigenvalue weighted by molar-refractivity contribution is 7.09. The van der Waals surface area contributed by atoms with Gasteiger partial charge in [-0.3, -0.25) is 14.4 Å². The SMILES string of the molecule is O=C(NCc1nccs1)c1nn(CC2CC2)c2c1CN(Cc1cccc3ccccc13)CC2. The molecule has 1 N–H and O–H groups in total. The van der Waals surface area contributed by atoms with Crippen LogP contribution in [0, 0.1) is 5.92 Å². The van der Waals surface area contributed by atoms with E-state index in [1.54, 1.807) is 17.5 Å². The van der Waals surface area contributed by atoms with Crippen LogP contribution in [-0.4, -0.2) is 32.1 Å². The van der Waals surface area contributed by atoms with Crippen LogP contribution in [0.1, 0.15) is 45.2 Å². The standard InChI is InChI=1S/C26H27N5OS/c32-26(28-14-24-27-11-13-33-24)25-22-17-30(12-10-23(22)31(29-25)15-18-8-9-18)16-20-6-3-5-19-4-1-2-7-21(19)20/h1-7,11,13,18H,8-10,12,14-17H2,(H,28,32). The average Bonchev–Trinajstić information content (AvgIpc) is 3.36. The van der Waals surface area contributed by atoms with Gasteiger partial charge in [0, 0.05) is 55.4 Å². The molecule has 0 saturated heterocycles. The Morgan fingerprint density at radius 2 is 2.03 bits per heavy atom. The second kappa shape index (κ2) is 8.72. The molecule has 1 saturated carbocycles. The number of hydrogen-bond donors (Lipinski definition) is 1. The van der Waals surface area contributed by atoms with Gasteiger partial charge in [0.1, 0.15) is 5.01 Å². The van der Waals surface area contributed by atoms with E-state index in [9.17, 15) is 4.79 Å². The molecule has 4 aromatic rings. The van der Waals surface area contributed by atoms with Crippen LogP contribution in [0.3, 0.4) is 0 Å². The van der Waals surface area contributed by atoms with Crippen molar-refractivity contribution >= 4 is 28.0 Å². The molecule has 0 bridgehead atoms. The van der Waals surface area contributed by atoms with Crippen LogP contribution >= 0.6 is 11.3 Å². The Bertz CT molecular complexity index is 1290. The Morgan fingerprint density at radius 3 is 2.88 bits per heavy atom. The summed E-state index contributed by atoms with van der Waals surface area (Å²) < 4.78 is 2.13. The maximum Gasteiger partial charge on any atom is 0.272 e. The van der Waals surface area contributed by atoms with Crippen molar-refractivity contribution in [2.75, 3.05) is 6.54 Å². The quantitative estimate of drug-likeness (QED) is 0.447. The molecule has 7 heteroatoms. The summed E-state index contributed by atoms with van der Waals surface area (Å²) in [5.41, 5.74) is 4.26. The summed E-state index contributed by atoms with van der Waals surface area (Å²) in [4.78, 5) is 19.9. The van der Waals surface area contributed by atoms with Gasteiger partial charge in [0.25, 0.3) is 5.91 Å². The van der Waals surface area contributed by atoms with Crippen molar-refractivity contribution in [3.8, 4) is 0 Å². The summed E-state index contributed by atoms with van der Waals surface area (Å²) in [7, 11) is 0. The predicted molar refractivity (Wildman–Crippen MR) is 130 cm³/mol. The minimum Gasteiger partial charge on any atom is -0.344 e. The van der Waals surface area contributed by atoms with Crippen LogP contribution in [-0.2, 0) is 32.6 Å². The fourth-order valence-corrected chi connectivity index (χ4v) is 5.37. The minimum absolute atomic E-state index is 0.0944. The molecule has 0 atom stereocenters. The smallest absolute Gasteiger partial charge is 0.272 e. The molecule has 1 fully saturated rings. The number of aromatic nitrogens is 3. The van der Waals surface area contributed by atoms with Crippen LogP contribution in [0.15, 0.2) is 54.0 Å². The van der Waals surface area contributed by atoms with Crippen molar-refractivity contribution in [1.82, 2.24) is 25.0 Å². The zero-order chi connectivity index (χ0) is 22.2. The first-order chi connectivity index (χ1) is 16.2. The number of amides is 1. The molecule has 2 aliphatic rings. The van der Waals surface area contributed by atoms with Crippen LogP contribution in [0.4, 0.5) is 0 Å². The molecule has 33 heavy (non-hydrogen) atoms. The lowest BCUT2D eigenvalue weighted by molar-refractivity contribution is 0.0942. The molecule has 168 valence electrons. The van der Waals surface area contributed by atoms with Crippen molar-refractivity contribution in [3.63, 3.8) is 0 Å². The van der Waals surface area contributed by atoms with Gasteiger partial charge in [-0.25, -0.2) is 4.98 Å². The number of fused-ring (bicyclic) bond motifs is 2. The maximum absolute atomic E-state index is 13.1. The highest BCUT2D eigenvalue weighted by Crippen LogP contribution is 2.33. The Labute approximate surface area is 197 Å². The number of carbonyl (C=O) groups is 1. The molecule has 6 rings (SSSR count). The van der Waals surface area contributed by atoms with E-state index >= 15 is 0 Å². The molecule has 2 aromatic heterocycles. The summed E-state index contributed by atoms with van der Waals surface area (Å²) in [5, 5.41) is 13.3. The molecule has 2 aromatic carbocycles. The van der Waals surface area contributed by atoms with E-state index in [0.717, 1.165) is 43.2 Å². The van der Waals surface area contributed by atoms with Crippen molar-refractivity contribution < 1.29 is 4.79 Å². The van der Waals surface area contributed by atoms with Crippen molar-refractivity contribution in [2.24, 2.45) is 5.92 Å². The number of rotatable bonds is 7. The van der Waals surface area contributed by atoms with Crippen molar-refractivity contribution in [3.05, 3.63) is 81.6 Å². The van der Waals surface area contributed by atoms with Crippen molar-refractivity contribution in [2.45, 2.75) is 45.4 Å². The number of nitrogens with one attached hydrogen (secondary N) is 1. The van der Waals surface area contributed by atoms with Crippen LogP contribution < -0.4 is 5.32 Å². The number of hydrogen-bond acceptors (Lipinski definition) is 5. The van der Waals surface area contributed by atoms with E-state index in [4.69, 9.17) is 5.10 Å². The molecule has 1 amide bonds. The van der Waals surface area contributed by atoms with Crippen LogP contribution in [0.25, 0.3) is 10.8 Å². The zero-order valence-electron chi connectivity index (χ0n) is 18.5. The lowest BCUT2D eigenvalue weighted by atomic mass is 10.0. The lowest BCUT2D eigenvalue weighted by Gasteiger charge is -2.28. The first-order valence-electron chi connectivity index (χ1n) is 11.7. The van der Waals surface area contributed by atoms with Gasteiger partial charge in [0.05, 0.1) is 6.54 Å². The van der Waals surface area contributed by atoms with Gasteiger partial charge in [0.15, 0.2) is 5.69 Å². The summed E-state index contributed by atoms with van der Waals surface area (Å²) in [6.45, 7) is 3.98. The van der Waals surface area contributed by atoms with Crippen LogP contribution in [0.2, 0.25) is 0 Å². The maximum atomic E-state index is 13.1. The highest BCUT2D eigenvalue weighted by atomic mass is 32.1. The normalized spacial score (nSPS) is 16.1. The van der Waals surface area contributed by atoms with Gasteiger partial charge in [-0.1, -0.05) is 42.5 Å². The number of thiazole rings is 1. The molecular formula is C26H27N5OS. The fourth-order valence-electron chi connectivity index (χ4n) is 4.81. The molecule has 3 heterocycles. The van der Waals surface area contributed by atoms with Gasteiger partial charge >= 0.3 is 0 Å². The second-order valence-electron chi connectivity index (χ2n) is 9.11. The minimum atomic E-state index is -0.0944. The zero-order valence-corrected chi connectivity index (χ0v) is 19.4. The molecule has 0 unspecified atom stereocenters. The molecular weight excluding hydrogens is 430 g/mol. The van der Waals surface area contributed by atoms with E-state index in [-0.39, 0.29) is 5.91 Å². The largest absolute Gasteiger partial charge is 0.344 e. The van der Waals surface area contributed by atoms with E-state index < -0.39 is 0 Å². The average molecular weight is 458 g/mol. The molecule has 6 nitrogen and oxygen atoms in total. The van der Waals surface area contributed by atoms with E-state index in [1.165, 1.54) is 34.9 Å². The van der Waals surface area contributed by atoms with Gasteiger partial charge in [-0.05, 0) is 35.1 Å². The van der Waals surface area contributed by atoms with Gasteiger partial charge in [-0.15, -0.1) is 11.3 Å². The third kappa shape index (κ3) is 4.30. The predicted octanol–water partition coefficient (Wildman–Crippen LogP) is 4.39. The van der Waals surface area contributed by atoms with E-state index in [0.29, 0.717) is 18.2 Å². The molecule has 1 aliphatic heterocycles. The number of carbonyl (C=O) groups excluding carboxylic acids is 1. The van der Waals surface area contributed by atoms with E-state index in [2.05, 4.69) is 62.3 Å². The van der Waals surface area contributed by atoms with Gasteiger partial charge in [-0.2, -0.15) is 5.10 Å². The Kier molecular flexibility index (Phi) is 5.44. The third-order valence-electron chi connectivity index (χ3n) is 6.71. The van der Waals surface area contributed by atoms with Gasteiger partial charge < -0.3 is 5.32 Å². The number of nitrogens with zero attached hydrogens (tertiary/aromatic N) is 4. The topological polar surface area (TPSA) is 63.1 Å². The summed E-state index contributed by atoms with van der Waals surface area (Å²) >= 11 is 1.55. The van der Waals surface area contributed by atoms with E-state index in [1.807, 2.05) is 5.38 Å². The summed E-state index contributed by atoms with van der Waals surface area (Å²) in [6.07, 6.45) is 5.24. The fraction of sp³-hybridized carbons (Fsp3) is 0.346. The highest BCUT2D eigenvalue weighted by Gasteiger charge is 2.31. The second-order valence-corrected chi connectivity index (χ2v) is 10.1.